The number of unbranched alkanes of at least 4 members (excludes halogenated alkanes) is 23. The minimum Gasteiger partial charge on any atom is -0.481 e. The van der Waals surface area contributed by atoms with Gasteiger partial charge in [-0.1, -0.05) is 153 Å². The lowest BCUT2D eigenvalue weighted by atomic mass is 10.0. The number of carboxylic acid groups (broad SMARTS) is 1. The van der Waals surface area contributed by atoms with Crippen LogP contribution in [0.5, 0.6) is 0 Å². The molecule has 0 aromatic carbocycles. The highest BCUT2D eigenvalue weighted by Crippen LogP contribution is 2.18. The third kappa shape index (κ3) is 38.6. The zero-order valence-corrected chi connectivity index (χ0v) is 32.0. The van der Waals surface area contributed by atoms with Crippen molar-refractivity contribution in [2.45, 2.75) is 232 Å². The quantitative estimate of drug-likeness (QED) is 0.0403. The molecule has 0 amide bonds. The molecule has 0 radical (unpaired) electrons. The van der Waals surface area contributed by atoms with Gasteiger partial charge < -0.3 is 9.84 Å². The molecule has 48 heavy (non-hydrogen) atoms. The van der Waals surface area contributed by atoms with Crippen LogP contribution in [0.4, 0.5) is 0 Å². The predicted molar refractivity (Wildman–Crippen MR) is 209 cm³/mol. The topological polar surface area (TPSA) is 63.6 Å². The maximum Gasteiger partial charge on any atom is 0.306 e. The molecule has 1 unspecified atom stereocenters. The van der Waals surface area contributed by atoms with Gasteiger partial charge in [0, 0.05) is 12.8 Å². The number of carboxylic acids is 1. The zero-order chi connectivity index (χ0) is 35.0. The number of allylic oxidation sites excluding steroid dienone is 6. The van der Waals surface area contributed by atoms with Crippen molar-refractivity contribution in [3.63, 3.8) is 0 Å². The minimum absolute atomic E-state index is 0.0509. The van der Waals surface area contributed by atoms with Gasteiger partial charge in [0.25, 0.3) is 0 Å². The van der Waals surface area contributed by atoms with Crippen molar-refractivity contribution >= 4 is 11.9 Å². The van der Waals surface area contributed by atoms with Crippen LogP contribution in [0.3, 0.4) is 0 Å². The number of aliphatic carboxylic acids is 1. The fourth-order valence-electron chi connectivity index (χ4n) is 6.21. The van der Waals surface area contributed by atoms with E-state index in [4.69, 9.17) is 9.84 Å². The molecule has 280 valence electrons. The molecule has 0 spiro atoms. The monoisotopic (exact) mass is 673 g/mol. The highest BCUT2D eigenvalue weighted by atomic mass is 16.5. The van der Waals surface area contributed by atoms with Crippen molar-refractivity contribution in [3.05, 3.63) is 36.5 Å². The van der Waals surface area contributed by atoms with Gasteiger partial charge in [0.2, 0.25) is 0 Å². The van der Waals surface area contributed by atoms with Gasteiger partial charge >= 0.3 is 11.9 Å². The second-order valence-corrected chi connectivity index (χ2v) is 14.2. The molecule has 0 aliphatic rings. The second kappa shape index (κ2) is 39.6. The van der Waals surface area contributed by atoms with Crippen LogP contribution in [0, 0.1) is 0 Å². The summed E-state index contributed by atoms with van der Waals surface area (Å²) in [5, 5.41) is 8.95. The molecule has 0 aromatic rings. The Morgan fingerprint density at radius 1 is 0.458 bits per heavy atom. The maximum absolute atomic E-state index is 12.6. The van der Waals surface area contributed by atoms with E-state index in [2.05, 4.69) is 50.3 Å². The number of carbonyl (C=O) groups excluding carboxylic acids is 1. The Hall–Kier alpha value is -1.84. The van der Waals surface area contributed by atoms with Gasteiger partial charge in [0.15, 0.2) is 0 Å². The van der Waals surface area contributed by atoms with Gasteiger partial charge in [-0.3, -0.25) is 9.59 Å². The molecule has 0 heterocycles. The normalized spacial score (nSPS) is 12.5. The van der Waals surface area contributed by atoms with E-state index >= 15 is 0 Å². The highest BCUT2D eigenvalue weighted by molar-refractivity contribution is 5.69. The van der Waals surface area contributed by atoms with E-state index in [0.717, 1.165) is 51.4 Å². The summed E-state index contributed by atoms with van der Waals surface area (Å²) in [6.45, 7) is 4.52. The molecule has 0 aromatic heterocycles. The first-order valence-corrected chi connectivity index (χ1v) is 21.0. The number of hydrogen-bond donors (Lipinski definition) is 1. The first-order valence-electron chi connectivity index (χ1n) is 21.0. The number of hydrogen-bond acceptors (Lipinski definition) is 3. The Morgan fingerprint density at radius 3 is 1.33 bits per heavy atom. The van der Waals surface area contributed by atoms with E-state index in [1.54, 1.807) is 0 Å². The second-order valence-electron chi connectivity index (χ2n) is 14.2. The molecular formula is C44H80O4. The Morgan fingerprint density at radius 2 is 0.812 bits per heavy atom. The van der Waals surface area contributed by atoms with Crippen LogP contribution >= 0.6 is 0 Å². The summed E-state index contributed by atoms with van der Waals surface area (Å²) in [4.78, 5) is 23.5. The van der Waals surface area contributed by atoms with Crippen molar-refractivity contribution in [3.8, 4) is 0 Å². The first kappa shape index (κ1) is 46.2. The van der Waals surface area contributed by atoms with Crippen LogP contribution in [-0.2, 0) is 14.3 Å². The van der Waals surface area contributed by atoms with Crippen molar-refractivity contribution in [1.29, 1.82) is 0 Å². The van der Waals surface area contributed by atoms with Crippen molar-refractivity contribution in [1.82, 2.24) is 0 Å². The van der Waals surface area contributed by atoms with E-state index in [-0.39, 0.29) is 18.5 Å². The third-order valence-corrected chi connectivity index (χ3v) is 9.33. The number of carbonyl (C=O) groups is 2. The lowest BCUT2D eigenvalue weighted by molar-refractivity contribution is -0.150. The van der Waals surface area contributed by atoms with E-state index in [1.807, 2.05) is 0 Å². The van der Waals surface area contributed by atoms with Crippen molar-refractivity contribution in [2.75, 3.05) is 0 Å². The van der Waals surface area contributed by atoms with Gasteiger partial charge in [-0.05, 0) is 96.3 Å². The van der Waals surface area contributed by atoms with Gasteiger partial charge in [0.1, 0.15) is 6.10 Å². The molecule has 1 atom stereocenters. The number of rotatable bonds is 38. The average Bonchev–Trinajstić information content (AvgIpc) is 3.07. The molecule has 0 aliphatic carbocycles. The van der Waals surface area contributed by atoms with E-state index in [9.17, 15) is 9.59 Å². The highest BCUT2D eigenvalue weighted by Gasteiger charge is 2.14. The third-order valence-electron chi connectivity index (χ3n) is 9.33. The van der Waals surface area contributed by atoms with Crippen LogP contribution in [0.15, 0.2) is 36.5 Å². The maximum atomic E-state index is 12.6. The van der Waals surface area contributed by atoms with Crippen LogP contribution < -0.4 is 0 Å². The van der Waals surface area contributed by atoms with E-state index < -0.39 is 5.97 Å². The zero-order valence-electron chi connectivity index (χ0n) is 32.0. The molecule has 4 heteroatoms. The summed E-state index contributed by atoms with van der Waals surface area (Å²) in [7, 11) is 0. The summed E-state index contributed by atoms with van der Waals surface area (Å²) in [6.07, 6.45) is 51.6. The van der Waals surface area contributed by atoms with Crippen LogP contribution in [0.25, 0.3) is 0 Å². The molecule has 0 saturated heterocycles. The minimum atomic E-state index is -0.744. The first-order chi connectivity index (χ1) is 23.6. The number of ether oxygens (including phenoxy) is 1. The molecule has 4 nitrogen and oxygen atoms in total. The fourth-order valence-corrected chi connectivity index (χ4v) is 6.21. The van der Waals surface area contributed by atoms with Crippen molar-refractivity contribution < 1.29 is 19.4 Å². The standard InChI is InChI=1S/C44H80O4/c1-3-5-7-9-11-13-15-17-18-19-20-21-22-23-24-25-27-29-31-33-35-41-44(47)48-42(39-36-37-40-43(45)46)38-34-32-30-28-26-16-14-12-10-8-6-4-2/h11,13,17-18,23-24,42H,3-10,12,14-16,19-22,25-41H2,1-2H3,(H,45,46)/b13-11-,18-17-,24-23-. The smallest absolute Gasteiger partial charge is 0.306 e. The summed E-state index contributed by atoms with van der Waals surface area (Å²) >= 11 is 0. The van der Waals surface area contributed by atoms with Gasteiger partial charge in [-0.2, -0.15) is 0 Å². The van der Waals surface area contributed by atoms with Gasteiger partial charge in [0.05, 0.1) is 0 Å². The molecule has 1 N–H and O–H groups in total. The summed E-state index contributed by atoms with van der Waals surface area (Å²) < 4.78 is 5.90. The van der Waals surface area contributed by atoms with Crippen molar-refractivity contribution in [2.24, 2.45) is 0 Å². The Balaban J connectivity index is 3.85. The summed E-state index contributed by atoms with van der Waals surface area (Å²) in [5.41, 5.74) is 0. The molecule has 0 fully saturated rings. The lowest BCUT2D eigenvalue weighted by Gasteiger charge is -2.18. The van der Waals surface area contributed by atoms with Gasteiger partial charge in [-0.15, -0.1) is 0 Å². The molecule has 0 rings (SSSR count). The average molecular weight is 673 g/mol. The Bertz CT molecular complexity index is 768. The fraction of sp³-hybridized carbons (Fsp3) is 0.818. The Kier molecular flexibility index (Phi) is 38.1. The molecule has 0 bridgehead atoms. The predicted octanol–water partition coefficient (Wildman–Crippen LogP) is 14.6. The SMILES string of the molecule is CCCCC/C=C\C/C=C\CCCC/C=C\CCCCCCCC(=O)OC(CCCCCCCCCCCCCC)CCCCC(=O)O. The lowest BCUT2D eigenvalue weighted by Crippen LogP contribution is -2.18. The summed E-state index contributed by atoms with van der Waals surface area (Å²) in [6, 6.07) is 0. The largest absolute Gasteiger partial charge is 0.481 e. The summed E-state index contributed by atoms with van der Waals surface area (Å²) in [5.74, 6) is -0.809. The molecule has 0 saturated carbocycles. The molecule has 0 aliphatic heterocycles. The van der Waals surface area contributed by atoms with E-state index in [0.29, 0.717) is 12.8 Å². The molecular weight excluding hydrogens is 592 g/mol. The Labute approximate surface area is 299 Å². The van der Waals surface area contributed by atoms with Crippen LogP contribution in [0.2, 0.25) is 0 Å². The van der Waals surface area contributed by atoms with Crippen LogP contribution in [-0.4, -0.2) is 23.1 Å². The van der Waals surface area contributed by atoms with E-state index in [1.165, 1.54) is 141 Å². The van der Waals surface area contributed by atoms with Crippen LogP contribution in [0.1, 0.15) is 226 Å². The van der Waals surface area contributed by atoms with Gasteiger partial charge in [-0.25, -0.2) is 0 Å². The number of esters is 1.